The lowest BCUT2D eigenvalue weighted by Crippen LogP contribution is -2.43. The van der Waals surface area contributed by atoms with Gasteiger partial charge >= 0.3 is 0 Å². The molecule has 2 aromatic rings. The van der Waals surface area contributed by atoms with Gasteiger partial charge in [0.1, 0.15) is 11.6 Å². The Balaban J connectivity index is 0.00000225. The van der Waals surface area contributed by atoms with Crippen molar-refractivity contribution in [1.82, 2.24) is 20.3 Å². The first-order chi connectivity index (χ1) is 13.6. The van der Waals surface area contributed by atoms with Crippen molar-refractivity contribution in [3.05, 3.63) is 59.8 Å². The van der Waals surface area contributed by atoms with E-state index in [4.69, 9.17) is 5.21 Å². The minimum Gasteiger partial charge on any atom is -0.365 e. The maximum absolute atomic E-state index is 13.3. The largest absolute Gasteiger partial charge is 0.365 e. The third-order valence-electron chi connectivity index (χ3n) is 4.65. The van der Waals surface area contributed by atoms with E-state index in [0.29, 0.717) is 11.5 Å². The zero-order valence-electron chi connectivity index (χ0n) is 16.3. The van der Waals surface area contributed by atoms with Crippen molar-refractivity contribution in [2.24, 2.45) is 0 Å². The third-order valence-corrected chi connectivity index (χ3v) is 4.65. The van der Waals surface area contributed by atoms with Gasteiger partial charge in [0.25, 0.3) is 5.91 Å². The number of rotatable bonds is 7. The molecule has 0 spiro atoms. The summed E-state index contributed by atoms with van der Waals surface area (Å²) in [4.78, 5) is 21.9. The molecule has 10 heteroatoms. The van der Waals surface area contributed by atoms with Gasteiger partial charge in [0.05, 0.1) is 18.1 Å². The molecule has 0 bridgehead atoms. The van der Waals surface area contributed by atoms with E-state index in [2.05, 4.69) is 20.2 Å². The normalized spacial score (nSPS) is 16.4. The Morgan fingerprint density at radius 3 is 2.83 bits per heavy atom. The summed E-state index contributed by atoms with van der Waals surface area (Å²) in [6, 6.07) is 7.04. The number of nitrogens with zero attached hydrogens (tertiary/aromatic N) is 3. The average molecular weight is 458 g/mol. The topological polar surface area (TPSA) is 90.4 Å². The van der Waals surface area contributed by atoms with Crippen LogP contribution in [-0.4, -0.2) is 51.7 Å². The Morgan fingerprint density at radius 1 is 1.30 bits per heavy atom. The Hall–Kier alpha value is -2.26. The minimum atomic E-state index is -0.621. The fourth-order valence-corrected chi connectivity index (χ4v) is 3.26. The van der Waals surface area contributed by atoms with Gasteiger partial charge in [-0.3, -0.25) is 15.0 Å². The molecule has 7 nitrogen and oxygen atoms in total. The molecular weight excluding hydrogens is 432 g/mol. The van der Waals surface area contributed by atoms with Gasteiger partial charge in [0.2, 0.25) is 0 Å². The van der Waals surface area contributed by atoms with Crippen LogP contribution in [-0.2, 0) is 11.2 Å². The van der Waals surface area contributed by atoms with Gasteiger partial charge < -0.3 is 10.2 Å². The molecule has 1 atom stereocenters. The number of carbonyl (C=O) groups excluding carboxylic acids is 1. The molecule has 1 aliphatic heterocycles. The second-order valence-corrected chi connectivity index (χ2v) is 6.80. The fraction of sp³-hybridized carbons (Fsp3) is 0.350. The number of anilines is 1. The van der Waals surface area contributed by atoms with Crippen molar-refractivity contribution in [2.75, 3.05) is 25.0 Å². The highest BCUT2D eigenvalue weighted by Crippen LogP contribution is 2.15. The molecule has 3 rings (SSSR count). The molecule has 0 radical (unpaired) electrons. The van der Waals surface area contributed by atoms with Gasteiger partial charge in [-0.05, 0) is 49.6 Å². The first kappa shape index (κ1) is 25.8. The van der Waals surface area contributed by atoms with Gasteiger partial charge in [-0.15, -0.1) is 24.8 Å². The van der Waals surface area contributed by atoms with Crippen LogP contribution in [0.25, 0.3) is 6.08 Å². The zero-order chi connectivity index (χ0) is 19.8. The zero-order valence-corrected chi connectivity index (χ0v) is 18.0. The van der Waals surface area contributed by atoms with Crippen molar-refractivity contribution in [1.29, 1.82) is 0 Å². The molecule has 1 fully saturated rings. The lowest BCUT2D eigenvalue weighted by Gasteiger charge is -2.33. The predicted octanol–water partition coefficient (Wildman–Crippen LogP) is 3.10. The van der Waals surface area contributed by atoms with Crippen LogP contribution in [0.5, 0.6) is 0 Å². The van der Waals surface area contributed by atoms with E-state index in [-0.39, 0.29) is 36.7 Å². The molecule has 164 valence electrons. The van der Waals surface area contributed by atoms with Crippen LogP contribution in [0.4, 0.5) is 10.2 Å². The van der Waals surface area contributed by atoms with Crippen LogP contribution >= 0.6 is 24.8 Å². The van der Waals surface area contributed by atoms with Crippen LogP contribution in [0.15, 0.2) is 42.7 Å². The monoisotopic (exact) mass is 457 g/mol. The molecule has 1 aromatic heterocycles. The molecule has 30 heavy (non-hydrogen) atoms. The number of hydrogen-bond donors (Lipinski definition) is 3. The summed E-state index contributed by atoms with van der Waals surface area (Å²) in [6.45, 7) is 2.83. The number of benzene rings is 1. The second-order valence-electron chi connectivity index (χ2n) is 6.80. The molecule has 0 aliphatic carbocycles. The van der Waals surface area contributed by atoms with E-state index in [1.165, 1.54) is 23.7 Å². The standard InChI is InChI=1S/C20H24FN5O2.2ClH/c21-16-4-1-3-15(11-16)8-10-26-9-2-5-18(14-26)24-19-13-22-17(12-23-19)6-7-20(27)25-28;;/h1,3-4,6-7,11-13,18,28H,2,5,8-10,14H2,(H,23,24)(H,25,27);2*1H/b7-6+;;/t18-;;/m1../s1. The van der Waals surface area contributed by atoms with Crippen LogP contribution in [0, 0.1) is 5.82 Å². The highest BCUT2D eigenvalue weighted by molar-refractivity contribution is 5.90. The molecule has 0 unspecified atom stereocenters. The SMILES string of the molecule is Cl.Cl.O=C(/C=C/c1cnc(N[C@@H]2CCCN(CCc3cccc(F)c3)C2)cn1)NO. The summed E-state index contributed by atoms with van der Waals surface area (Å²) in [5.74, 6) is -0.130. The fourth-order valence-electron chi connectivity index (χ4n) is 3.26. The number of nitrogens with one attached hydrogen (secondary N) is 2. The van der Waals surface area contributed by atoms with Gasteiger partial charge in [-0.25, -0.2) is 14.9 Å². The number of amides is 1. The van der Waals surface area contributed by atoms with E-state index < -0.39 is 5.91 Å². The van der Waals surface area contributed by atoms with Crippen molar-refractivity contribution in [2.45, 2.75) is 25.3 Å². The second kappa shape index (κ2) is 13.1. The summed E-state index contributed by atoms with van der Waals surface area (Å²) >= 11 is 0. The number of aromatic nitrogens is 2. The predicted molar refractivity (Wildman–Crippen MR) is 119 cm³/mol. The molecule has 1 saturated heterocycles. The summed E-state index contributed by atoms with van der Waals surface area (Å²) in [5, 5.41) is 11.9. The smallest absolute Gasteiger partial charge is 0.267 e. The molecular formula is C20H26Cl2FN5O2. The van der Waals surface area contributed by atoms with Crippen LogP contribution in [0.3, 0.4) is 0 Å². The summed E-state index contributed by atoms with van der Waals surface area (Å²) in [7, 11) is 0. The van der Waals surface area contributed by atoms with Crippen molar-refractivity contribution >= 4 is 42.6 Å². The Morgan fingerprint density at radius 2 is 2.13 bits per heavy atom. The van der Waals surface area contributed by atoms with Crippen molar-refractivity contribution in [3.63, 3.8) is 0 Å². The average Bonchev–Trinajstić information content (AvgIpc) is 2.72. The Bertz CT molecular complexity index is 823. The lowest BCUT2D eigenvalue weighted by molar-refractivity contribution is -0.124. The molecule has 2 heterocycles. The number of hydroxylamine groups is 1. The van der Waals surface area contributed by atoms with Gasteiger partial charge in [-0.1, -0.05) is 12.1 Å². The van der Waals surface area contributed by atoms with Gasteiger partial charge in [0, 0.05) is 25.2 Å². The van der Waals surface area contributed by atoms with Gasteiger partial charge in [0.15, 0.2) is 0 Å². The highest BCUT2D eigenvalue weighted by Gasteiger charge is 2.20. The molecule has 0 saturated carbocycles. The van der Waals surface area contributed by atoms with E-state index in [0.717, 1.165) is 44.5 Å². The number of halogens is 3. The quantitative estimate of drug-likeness (QED) is 0.336. The molecule has 3 N–H and O–H groups in total. The van der Waals surface area contributed by atoms with Crippen LogP contribution in [0.2, 0.25) is 0 Å². The summed E-state index contributed by atoms with van der Waals surface area (Å²) in [6.07, 6.45) is 8.80. The van der Waals surface area contributed by atoms with E-state index in [9.17, 15) is 9.18 Å². The Labute approximate surface area is 187 Å². The van der Waals surface area contributed by atoms with Crippen molar-refractivity contribution < 1.29 is 14.4 Å². The van der Waals surface area contributed by atoms with Gasteiger partial charge in [-0.2, -0.15) is 0 Å². The third kappa shape index (κ3) is 8.23. The minimum absolute atomic E-state index is 0. The number of likely N-dealkylation sites (tertiary alicyclic amines) is 1. The first-order valence-corrected chi connectivity index (χ1v) is 9.30. The molecule has 1 amide bonds. The maximum Gasteiger partial charge on any atom is 0.267 e. The highest BCUT2D eigenvalue weighted by atomic mass is 35.5. The van der Waals surface area contributed by atoms with E-state index in [1.807, 2.05) is 6.07 Å². The molecule has 1 aromatic carbocycles. The maximum atomic E-state index is 13.3. The number of piperidine rings is 1. The Kier molecular flexibility index (Phi) is 11.3. The summed E-state index contributed by atoms with van der Waals surface area (Å²) < 4.78 is 13.3. The summed E-state index contributed by atoms with van der Waals surface area (Å²) in [5.41, 5.74) is 3.05. The van der Waals surface area contributed by atoms with E-state index >= 15 is 0 Å². The van der Waals surface area contributed by atoms with Crippen LogP contribution < -0.4 is 10.8 Å². The number of hydrogen-bond acceptors (Lipinski definition) is 6. The molecule has 1 aliphatic rings. The van der Waals surface area contributed by atoms with Crippen molar-refractivity contribution in [3.8, 4) is 0 Å². The van der Waals surface area contributed by atoms with Crippen LogP contribution in [0.1, 0.15) is 24.1 Å². The first-order valence-electron chi connectivity index (χ1n) is 9.30. The van der Waals surface area contributed by atoms with E-state index in [1.54, 1.807) is 24.5 Å². The lowest BCUT2D eigenvalue weighted by atomic mass is 10.0. The number of carbonyl (C=O) groups is 1.